The van der Waals surface area contributed by atoms with E-state index in [4.69, 9.17) is 11.0 Å². The zero-order chi connectivity index (χ0) is 14.9. The minimum absolute atomic E-state index is 0.165. The molecule has 2 aromatic heterocycles. The Morgan fingerprint density at radius 2 is 2.05 bits per heavy atom. The molecule has 104 valence electrons. The van der Waals surface area contributed by atoms with Gasteiger partial charge in [-0.3, -0.25) is 0 Å². The number of pyridine rings is 1. The lowest BCUT2D eigenvalue weighted by Crippen LogP contribution is -2.14. The number of rotatable bonds is 2. The van der Waals surface area contributed by atoms with Gasteiger partial charge in [0.1, 0.15) is 6.07 Å². The van der Waals surface area contributed by atoms with Gasteiger partial charge in [0.15, 0.2) is 17.5 Å². The third kappa shape index (κ3) is 2.68. The van der Waals surface area contributed by atoms with Gasteiger partial charge in [0, 0.05) is 11.6 Å². The molecule has 0 aliphatic carbocycles. The van der Waals surface area contributed by atoms with Gasteiger partial charge in [0.25, 0.3) is 0 Å². The second-order valence-corrected chi connectivity index (χ2v) is 5.76. The summed E-state index contributed by atoms with van der Waals surface area (Å²) in [5.74, 6) is 1.99. The SMILES string of the molecule is CC(N)c1nc(C(C)(C)C)nn1-c1ccc(C#N)cn1. The van der Waals surface area contributed by atoms with Crippen molar-refractivity contribution in [2.75, 3.05) is 0 Å². The molecule has 0 saturated heterocycles. The van der Waals surface area contributed by atoms with Crippen molar-refractivity contribution in [1.82, 2.24) is 19.7 Å². The lowest BCUT2D eigenvalue weighted by Gasteiger charge is -2.12. The van der Waals surface area contributed by atoms with Crippen LogP contribution in [0.3, 0.4) is 0 Å². The summed E-state index contributed by atoms with van der Waals surface area (Å²) in [5, 5.41) is 13.3. The van der Waals surface area contributed by atoms with Crippen molar-refractivity contribution in [2.45, 2.75) is 39.2 Å². The molecule has 0 aliphatic heterocycles. The lowest BCUT2D eigenvalue weighted by atomic mass is 9.96. The summed E-state index contributed by atoms with van der Waals surface area (Å²) in [6.07, 6.45) is 1.51. The molecule has 0 bridgehead atoms. The van der Waals surface area contributed by atoms with Gasteiger partial charge in [0.2, 0.25) is 0 Å². The van der Waals surface area contributed by atoms with Crippen LogP contribution in [0.4, 0.5) is 0 Å². The van der Waals surface area contributed by atoms with Crippen LogP contribution in [0.25, 0.3) is 5.82 Å². The highest BCUT2D eigenvalue weighted by Gasteiger charge is 2.24. The molecule has 0 amide bonds. The van der Waals surface area contributed by atoms with Gasteiger partial charge in [0.05, 0.1) is 11.6 Å². The molecule has 0 saturated carbocycles. The molecule has 6 nitrogen and oxygen atoms in total. The van der Waals surface area contributed by atoms with E-state index >= 15 is 0 Å². The van der Waals surface area contributed by atoms with Crippen LogP contribution in [0, 0.1) is 11.3 Å². The van der Waals surface area contributed by atoms with E-state index < -0.39 is 0 Å². The Balaban J connectivity index is 2.54. The number of nitrogens with zero attached hydrogens (tertiary/aromatic N) is 5. The van der Waals surface area contributed by atoms with Gasteiger partial charge in [-0.2, -0.15) is 9.94 Å². The molecule has 0 radical (unpaired) electrons. The van der Waals surface area contributed by atoms with Gasteiger partial charge < -0.3 is 5.73 Å². The highest BCUT2D eigenvalue weighted by molar-refractivity contribution is 5.32. The topological polar surface area (TPSA) is 93.4 Å². The first-order valence-electron chi connectivity index (χ1n) is 6.42. The number of hydrogen-bond acceptors (Lipinski definition) is 5. The largest absolute Gasteiger partial charge is 0.322 e. The summed E-state index contributed by atoms with van der Waals surface area (Å²) in [6, 6.07) is 5.23. The zero-order valence-electron chi connectivity index (χ0n) is 12.1. The van der Waals surface area contributed by atoms with E-state index in [2.05, 4.69) is 15.1 Å². The Morgan fingerprint density at radius 3 is 2.50 bits per heavy atom. The Bertz CT molecular complexity index is 640. The van der Waals surface area contributed by atoms with Crippen LogP contribution in [0.15, 0.2) is 18.3 Å². The Kier molecular flexibility index (Phi) is 3.55. The van der Waals surface area contributed by atoms with Crippen LogP contribution in [0.5, 0.6) is 0 Å². The molecule has 20 heavy (non-hydrogen) atoms. The van der Waals surface area contributed by atoms with Crippen LogP contribution < -0.4 is 5.73 Å². The zero-order valence-corrected chi connectivity index (χ0v) is 12.1. The molecular formula is C14H18N6. The number of nitrogens with two attached hydrogens (primary N) is 1. The van der Waals surface area contributed by atoms with Crippen molar-refractivity contribution in [3.63, 3.8) is 0 Å². The van der Waals surface area contributed by atoms with Gasteiger partial charge in [-0.25, -0.2) is 9.97 Å². The van der Waals surface area contributed by atoms with Crippen LogP contribution in [-0.4, -0.2) is 19.7 Å². The molecule has 0 aromatic carbocycles. The van der Waals surface area contributed by atoms with Gasteiger partial charge in [-0.05, 0) is 19.1 Å². The predicted molar refractivity (Wildman–Crippen MR) is 75.2 cm³/mol. The van der Waals surface area contributed by atoms with E-state index in [0.717, 1.165) is 5.82 Å². The summed E-state index contributed by atoms with van der Waals surface area (Å²) in [6.45, 7) is 7.99. The van der Waals surface area contributed by atoms with Crippen molar-refractivity contribution in [2.24, 2.45) is 5.73 Å². The van der Waals surface area contributed by atoms with Gasteiger partial charge in [-0.15, -0.1) is 5.10 Å². The monoisotopic (exact) mass is 270 g/mol. The third-order valence-electron chi connectivity index (χ3n) is 2.80. The summed E-state index contributed by atoms with van der Waals surface area (Å²) >= 11 is 0. The average molecular weight is 270 g/mol. The van der Waals surface area contributed by atoms with Crippen molar-refractivity contribution >= 4 is 0 Å². The fourth-order valence-electron chi connectivity index (χ4n) is 1.68. The van der Waals surface area contributed by atoms with Crippen LogP contribution in [0.2, 0.25) is 0 Å². The molecule has 0 aliphatic rings. The van der Waals surface area contributed by atoms with E-state index in [1.807, 2.05) is 33.8 Å². The van der Waals surface area contributed by atoms with E-state index in [0.29, 0.717) is 17.2 Å². The Hall–Kier alpha value is -2.26. The Morgan fingerprint density at radius 1 is 1.35 bits per heavy atom. The minimum Gasteiger partial charge on any atom is -0.322 e. The van der Waals surface area contributed by atoms with E-state index in [-0.39, 0.29) is 11.5 Å². The van der Waals surface area contributed by atoms with Gasteiger partial charge >= 0.3 is 0 Å². The molecule has 2 aromatic rings. The summed E-state index contributed by atoms with van der Waals surface area (Å²) in [4.78, 5) is 8.76. The van der Waals surface area contributed by atoms with Crippen molar-refractivity contribution in [1.29, 1.82) is 5.26 Å². The highest BCUT2D eigenvalue weighted by Crippen LogP contribution is 2.22. The molecule has 2 N–H and O–H groups in total. The first-order chi connectivity index (χ1) is 9.32. The van der Waals surface area contributed by atoms with E-state index in [1.165, 1.54) is 6.20 Å². The maximum atomic E-state index is 8.81. The molecular weight excluding hydrogens is 252 g/mol. The van der Waals surface area contributed by atoms with E-state index in [1.54, 1.807) is 16.8 Å². The van der Waals surface area contributed by atoms with Crippen molar-refractivity contribution < 1.29 is 0 Å². The van der Waals surface area contributed by atoms with Crippen LogP contribution in [0.1, 0.15) is 50.9 Å². The predicted octanol–water partition coefficient (Wildman–Crippen LogP) is 1.85. The van der Waals surface area contributed by atoms with Crippen molar-refractivity contribution in [3.8, 4) is 11.9 Å². The Labute approximate surface area is 118 Å². The number of nitriles is 1. The van der Waals surface area contributed by atoms with Gasteiger partial charge in [-0.1, -0.05) is 20.8 Å². The molecule has 1 unspecified atom stereocenters. The average Bonchev–Trinajstić information content (AvgIpc) is 2.84. The maximum absolute atomic E-state index is 8.81. The fourth-order valence-corrected chi connectivity index (χ4v) is 1.68. The van der Waals surface area contributed by atoms with Crippen LogP contribution in [-0.2, 0) is 5.41 Å². The minimum atomic E-state index is -0.254. The number of aromatic nitrogens is 4. The van der Waals surface area contributed by atoms with Crippen LogP contribution >= 0.6 is 0 Å². The quantitative estimate of drug-likeness (QED) is 0.898. The molecule has 2 rings (SSSR count). The standard InChI is InChI=1S/C14H18N6/c1-9(16)12-18-13(14(2,3)4)19-20(12)11-6-5-10(7-15)8-17-11/h5-6,8-9H,16H2,1-4H3. The first-order valence-corrected chi connectivity index (χ1v) is 6.42. The summed E-state index contributed by atoms with van der Waals surface area (Å²) in [5.41, 5.74) is 6.30. The molecule has 0 fully saturated rings. The van der Waals surface area contributed by atoms with Crippen molar-refractivity contribution in [3.05, 3.63) is 35.5 Å². The summed E-state index contributed by atoms with van der Waals surface area (Å²) < 4.78 is 1.65. The second-order valence-electron chi connectivity index (χ2n) is 5.76. The van der Waals surface area contributed by atoms with E-state index in [9.17, 15) is 0 Å². The second kappa shape index (κ2) is 5.02. The maximum Gasteiger partial charge on any atom is 0.156 e. The molecule has 0 spiro atoms. The smallest absolute Gasteiger partial charge is 0.156 e. The molecule has 6 heteroatoms. The third-order valence-corrected chi connectivity index (χ3v) is 2.80. The number of hydrogen-bond donors (Lipinski definition) is 1. The fraction of sp³-hybridized carbons (Fsp3) is 0.429. The highest BCUT2D eigenvalue weighted by atomic mass is 15.4. The molecule has 2 heterocycles. The summed E-state index contributed by atoms with van der Waals surface area (Å²) in [7, 11) is 0. The molecule has 1 atom stereocenters. The normalized spacial score (nSPS) is 13.0. The first kappa shape index (κ1) is 14.2. The lowest BCUT2D eigenvalue weighted by molar-refractivity contribution is 0.543.